The Kier molecular flexibility index (Phi) is 5.04. The van der Waals surface area contributed by atoms with E-state index in [0.717, 1.165) is 12.3 Å². The van der Waals surface area contributed by atoms with Gasteiger partial charge in [0.1, 0.15) is 0 Å². The fraction of sp³-hybridized carbons (Fsp3) is 1.00. The van der Waals surface area contributed by atoms with Gasteiger partial charge in [0.15, 0.2) is 0 Å². The molecule has 0 amide bonds. The summed E-state index contributed by atoms with van der Waals surface area (Å²) >= 11 is 3.99. The molecule has 0 aromatic rings. The topological polar surface area (TPSA) is 32.3 Å². The predicted molar refractivity (Wildman–Crippen MR) is 54.2 cm³/mol. The zero-order valence-electron chi connectivity index (χ0n) is 7.50. The van der Waals surface area contributed by atoms with E-state index in [1.807, 2.05) is 0 Å². The molecule has 0 aliphatic heterocycles. The van der Waals surface area contributed by atoms with E-state index >= 15 is 0 Å². The van der Waals surface area contributed by atoms with Crippen molar-refractivity contribution in [2.75, 3.05) is 6.61 Å². The van der Waals surface area contributed by atoms with E-state index in [9.17, 15) is 0 Å². The van der Waals surface area contributed by atoms with Gasteiger partial charge in [-0.3, -0.25) is 4.72 Å². The van der Waals surface area contributed by atoms with Gasteiger partial charge in [0.2, 0.25) is 0 Å². The van der Waals surface area contributed by atoms with E-state index in [4.69, 9.17) is 5.11 Å². The van der Waals surface area contributed by atoms with Gasteiger partial charge >= 0.3 is 0 Å². The van der Waals surface area contributed by atoms with Gasteiger partial charge in [-0.25, -0.2) is 0 Å². The lowest BCUT2D eigenvalue weighted by molar-refractivity contribution is 0.221. The number of hydrogen-bond donors (Lipinski definition) is 3. The lowest BCUT2D eigenvalue weighted by Gasteiger charge is -2.24. The molecule has 1 unspecified atom stereocenters. The molecule has 0 bridgehead atoms. The maximum absolute atomic E-state index is 8.95. The monoisotopic (exact) mass is 189 g/mol. The highest BCUT2D eigenvalue weighted by molar-refractivity contribution is 7.78. The average molecular weight is 189 g/mol. The van der Waals surface area contributed by atoms with E-state index < -0.39 is 0 Å². The number of nitrogens with one attached hydrogen (secondary N) is 1. The molecule has 1 rings (SSSR count). The van der Waals surface area contributed by atoms with Crippen LogP contribution >= 0.6 is 12.8 Å². The smallest absolute Gasteiger partial charge is 0.0593 e. The van der Waals surface area contributed by atoms with Crippen molar-refractivity contribution in [3.8, 4) is 0 Å². The number of aliphatic hydroxyl groups is 1. The fourth-order valence-corrected chi connectivity index (χ4v) is 2.18. The molecule has 0 heterocycles. The van der Waals surface area contributed by atoms with Gasteiger partial charge in [-0.05, 0) is 12.3 Å². The van der Waals surface area contributed by atoms with Gasteiger partial charge in [-0.2, -0.15) is 0 Å². The predicted octanol–water partition coefficient (Wildman–Crippen LogP) is 1.75. The molecule has 72 valence electrons. The highest BCUT2D eigenvalue weighted by Crippen LogP contribution is 2.27. The second-order valence-electron chi connectivity index (χ2n) is 3.75. The summed E-state index contributed by atoms with van der Waals surface area (Å²) in [5.41, 5.74) is 0. The third-order valence-electron chi connectivity index (χ3n) is 2.75. The summed E-state index contributed by atoms with van der Waals surface area (Å²) in [5.74, 6) is 0.815. The first-order valence-electron chi connectivity index (χ1n) is 4.87. The standard InChI is InChI=1S/C9H19NOS/c11-7-9(10-12)6-8-4-2-1-3-5-8/h8-12H,1-7H2. The normalized spacial score (nSPS) is 22.5. The lowest BCUT2D eigenvalue weighted by atomic mass is 9.85. The molecule has 1 fully saturated rings. The number of aliphatic hydroxyl groups excluding tert-OH is 1. The van der Waals surface area contributed by atoms with Gasteiger partial charge < -0.3 is 5.11 Å². The molecule has 1 aliphatic rings. The molecule has 1 saturated carbocycles. The van der Waals surface area contributed by atoms with Crippen LogP contribution in [0, 0.1) is 5.92 Å². The summed E-state index contributed by atoms with van der Waals surface area (Å²) in [6, 6.07) is 0.191. The molecule has 2 N–H and O–H groups in total. The van der Waals surface area contributed by atoms with Gasteiger partial charge in [-0.15, -0.1) is 0 Å². The zero-order chi connectivity index (χ0) is 8.81. The van der Waals surface area contributed by atoms with Crippen LogP contribution < -0.4 is 4.72 Å². The summed E-state index contributed by atoms with van der Waals surface area (Å²) in [6.07, 6.45) is 7.90. The number of rotatable bonds is 4. The molecular weight excluding hydrogens is 170 g/mol. The summed E-state index contributed by atoms with van der Waals surface area (Å²) in [5, 5.41) is 8.95. The van der Waals surface area contributed by atoms with E-state index in [0.29, 0.717) is 0 Å². The summed E-state index contributed by atoms with van der Waals surface area (Å²) < 4.78 is 2.84. The average Bonchev–Trinajstić information content (AvgIpc) is 2.16. The molecule has 0 spiro atoms. The van der Waals surface area contributed by atoms with E-state index in [1.165, 1.54) is 32.1 Å². The van der Waals surface area contributed by atoms with Crippen molar-refractivity contribution in [2.45, 2.75) is 44.6 Å². The number of hydrogen-bond acceptors (Lipinski definition) is 3. The summed E-state index contributed by atoms with van der Waals surface area (Å²) in [7, 11) is 0. The second-order valence-corrected chi connectivity index (χ2v) is 4.01. The van der Waals surface area contributed by atoms with E-state index in [-0.39, 0.29) is 12.6 Å². The van der Waals surface area contributed by atoms with Gasteiger partial charge in [0.05, 0.1) is 6.61 Å². The number of thiol groups is 1. The maximum atomic E-state index is 8.95. The van der Waals surface area contributed by atoms with Crippen LogP contribution in [0.25, 0.3) is 0 Å². The molecular formula is C9H19NOS. The Labute approximate surface area is 80.3 Å². The van der Waals surface area contributed by atoms with E-state index in [2.05, 4.69) is 17.5 Å². The van der Waals surface area contributed by atoms with Crippen LogP contribution in [0.15, 0.2) is 0 Å². The first kappa shape index (κ1) is 10.4. The summed E-state index contributed by atoms with van der Waals surface area (Å²) in [6.45, 7) is 0.208. The fourth-order valence-electron chi connectivity index (χ4n) is 1.99. The maximum Gasteiger partial charge on any atom is 0.0593 e. The lowest BCUT2D eigenvalue weighted by Crippen LogP contribution is -2.28. The summed E-state index contributed by atoms with van der Waals surface area (Å²) in [4.78, 5) is 0. The Morgan fingerprint density at radius 1 is 1.33 bits per heavy atom. The van der Waals surface area contributed by atoms with Crippen LogP contribution in [0.3, 0.4) is 0 Å². The molecule has 2 nitrogen and oxygen atoms in total. The minimum atomic E-state index is 0.191. The Hall–Kier alpha value is 0.270. The second kappa shape index (κ2) is 5.84. The largest absolute Gasteiger partial charge is 0.395 e. The third kappa shape index (κ3) is 3.33. The quantitative estimate of drug-likeness (QED) is 0.589. The van der Waals surface area contributed by atoms with Crippen LogP contribution in [0.2, 0.25) is 0 Å². The SMILES string of the molecule is OCC(CC1CCCCC1)NS. The zero-order valence-corrected chi connectivity index (χ0v) is 8.39. The Morgan fingerprint density at radius 3 is 2.50 bits per heavy atom. The van der Waals surface area contributed by atoms with Crippen molar-refractivity contribution < 1.29 is 5.11 Å². The molecule has 0 radical (unpaired) electrons. The molecule has 0 aromatic carbocycles. The van der Waals surface area contributed by atoms with Crippen molar-refractivity contribution in [1.29, 1.82) is 0 Å². The van der Waals surface area contributed by atoms with Crippen molar-refractivity contribution >= 4 is 12.8 Å². The first-order valence-corrected chi connectivity index (χ1v) is 5.32. The van der Waals surface area contributed by atoms with Crippen LogP contribution in [-0.4, -0.2) is 17.8 Å². The molecule has 12 heavy (non-hydrogen) atoms. The Bertz CT molecular complexity index is 111. The minimum absolute atomic E-state index is 0.191. The Balaban J connectivity index is 2.18. The molecule has 3 heteroatoms. The van der Waals surface area contributed by atoms with Crippen molar-refractivity contribution in [2.24, 2.45) is 5.92 Å². The molecule has 1 atom stereocenters. The van der Waals surface area contributed by atoms with Crippen molar-refractivity contribution in [3.63, 3.8) is 0 Å². The van der Waals surface area contributed by atoms with Gasteiger partial charge in [-0.1, -0.05) is 44.9 Å². The van der Waals surface area contributed by atoms with Crippen LogP contribution in [0.5, 0.6) is 0 Å². The van der Waals surface area contributed by atoms with Gasteiger partial charge in [0, 0.05) is 6.04 Å². The van der Waals surface area contributed by atoms with Crippen LogP contribution in [0.1, 0.15) is 38.5 Å². The molecule has 0 saturated heterocycles. The van der Waals surface area contributed by atoms with Crippen LogP contribution in [0.4, 0.5) is 0 Å². The molecule has 1 aliphatic carbocycles. The molecule has 0 aromatic heterocycles. The van der Waals surface area contributed by atoms with Crippen molar-refractivity contribution in [3.05, 3.63) is 0 Å². The third-order valence-corrected chi connectivity index (χ3v) is 3.11. The minimum Gasteiger partial charge on any atom is -0.395 e. The highest BCUT2D eigenvalue weighted by Gasteiger charge is 2.17. The van der Waals surface area contributed by atoms with Gasteiger partial charge in [0.25, 0.3) is 0 Å². The van der Waals surface area contributed by atoms with Crippen LogP contribution in [-0.2, 0) is 0 Å². The Morgan fingerprint density at radius 2 is 2.00 bits per heavy atom. The first-order chi connectivity index (χ1) is 5.86. The van der Waals surface area contributed by atoms with Crippen molar-refractivity contribution in [1.82, 2.24) is 4.72 Å². The van der Waals surface area contributed by atoms with E-state index in [1.54, 1.807) is 0 Å². The highest BCUT2D eigenvalue weighted by atomic mass is 32.1.